The molecule has 1 aliphatic rings. The van der Waals surface area contributed by atoms with Gasteiger partial charge in [-0.15, -0.1) is 11.3 Å². The van der Waals surface area contributed by atoms with E-state index in [9.17, 15) is 4.79 Å². The molecule has 6 heteroatoms. The molecular weight excluding hydrogens is 278 g/mol. The van der Waals surface area contributed by atoms with Crippen molar-refractivity contribution < 1.29 is 19.0 Å². The summed E-state index contributed by atoms with van der Waals surface area (Å²) in [6, 6.07) is 5.47. The van der Waals surface area contributed by atoms with Gasteiger partial charge in [0.05, 0.1) is 7.11 Å². The number of carbonyl (C=O) groups excluding carboxylic acids is 1. The number of thiazole rings is 1. The first-order valence-electron chi connectivity index (χ1n) is 6.16. The predicted octanol–water partition coefficient (Wildman–Crippen LogP) is 2.22. The number of nitrogens with zero attached hydrogens (tertiary/aromatic N) is 1. The Morgan fingerprint density at radius 1 is 1.35 bits per heavy atom. The van der Waals surface area contributed by atoms with Crippen LogP contribution in [-0.4, -0.2) is 31.3 Å². The summed E-state index contributed by atoms with van der Waals surface area (Å²) < 4.78 is 15.9. The van der Waals surface area contributed by atoms with Gasteiger partial charge >= 0.3 is 5.97 Å². The van der Waals surface area contributed by atoms with E-state index in [1.54, 1.807) is 6.20 Å². The van der Waals surface area contributed by atoms with E-state index in [0.29, 0.717) is 29.7 Å². The van der Waals surface area contributed by atoms with Gasteiger partial charge in [-0.3, -0.25) is 4.79 Å². The second kappa shape index (κ2) is 5.50. The van der Waals surface area contributed by atoms with E-state index >= 15 is 0 Å². The van der Waals surface area contributed by atoms with Crippen molar-refractivity contribution in [3.63, 3.8) is 0 Å². The summed E-state index contributed by atoms with van der Waals surface area (Å²) >= 11 is 1.42. The minimum atomic E-state index is -0.532. The number of benzene rings is 1. The van der Waals surface area contributed by atoms with Crippen molar-refractivity contribution in [2.24, 2.45) is 0 Å². The summed E-state index contributed by atoms with van der Waals surface area (Å²) in [5.74, 6) is 0.481. The summed E-state index contributed by atoms with van der Waals surface area (Å²) in [6.45, 7) is 1.05. The normalized spacial score (nSPS) is 14.7. The molecule has 0 amide bonds. The Morgan fingerprint density at radius 3 is 2.85 bits per heavy atom. The van der Waals surface area contributed by atoms with Gasteiger partial charge in [0.25, 0.3) is 0 Å². The number of hydrogen-bond acceptors (Lipinski definition) is 6. The molecule has 1 atom stereocenters. The largest absolute Gasteiger partial charge is 0.486 e. The van der Waals surface area contributed by atoms with Gasteiger partial charge in [0.1, 0.15) is 24.1 Å². The Bertz CT molecular complexity index is 612. The molecule has 5 nitrogen and oxygen atoms in total. The molecule has 0 spiro atoms. The fraction of sp³-hybridized carbons (Fsp3) is 0.286. The second-order valence-corrected chi connectivity index (χ2v) is 5.16. The molecule has 1 aromatic carbocycles. The lowest BCUT2D eigenvalue weighted by Gasteiger charge is -2.20. The Morgan fingerprint density at radius 2 is 2.15 bits per heavy atom. The third kappa shape index (κ3) is 2.34. The number of ether oxygens (including phenoxy) is 3. The van der Waals surface area contributed by atoms with Gasteiger partial charge < -0.3 is 14.2 Å². The number of methoxy groups -OCH3 is 1. The number of hydrogen-bond donors (Lipinski definition) is 0. The van der Waals surface area contributed by atoms with Crippen LogP contribution in [0.15, 0.2) is 29.8 Å². The maximum Gasteiger partial charge on any atom is 0.320 e. The Hall–Kier alpha value is -2.08. The average Bonchev–Trinajstić information content (AvgIpc) is 3.01. The quantitative estimate of drug-likeness (QED) is 0.812. The summed E-state index contributed by atoms with van der Waals surface area (Å²) in [6.07, 6.45) is 1.67. The summed E-state index contributed by atoms with van der Waals surface area (Å²) in [5, 5.41) is 2.54. The lowest BCUT2D eigenvalue weighted by molar-refractivity contribution is -0.141. The SMILES string of the molecule is COC(=O)C(c1ccc2c(c1)OCCO2)c1nccs1. The van der Waals surface area contributed by atoms with E-state index in [1.807, 2.05) is 23.6 Å². The molecule has 20 heavy (non-hydrogen) atoms. The van der Waals surface area contributed by atoms with Crippen LogP contribution in [0, 0.1) is 0 Å². The molecule has 104 valence electrons. The third-order valence-corrected chi connectivity index (χ3v) is 3.88. The molecule has 2 aromatic rings. The van der Waals surface area contributed by atoms with E-state index in [2.05, 4.69) is 4.98 Å². The maximum atomic E-state index is 12.1. The number of fused-ring (bicyclic) bond motifs is 1. The Kier molecular flexibility index (Phi) is 3.56. The molecule has 1 aromatic heterocycles. The van der Waals surface area contributed by atoms with Gasteiger partial charge in [0, 0.05) is 11.6 Å². The molecule has 0 radical (unpaired) electrons. The zero-order valence-electron chi connectivity index (χ0n) is 10.9. The van der Waals surface area contributed by atoms with Crippen molar-refractivity contribution in [2.75, 3.05) is 20.3 Å². The van der Waals surface area contributed by atoms with Crippen molar-refractivity contribution >= 4 is 17.3 Å². The Balaban J connectivity index is 2.01. The van der Waals surface area contributed by atoms with Gasteiger partial charge in [-0.1, -0.05) is 6.07 Å². The molecule has 0 N–H and O–H groups in total. The summed E-state index contributed by atoms with van der Waals surface area (Å²) in [5.41, 5.74) is 0.788. The van der Waals surface area contributed by atoms with Gasteiger partial charge in [-0.2, -0.15) is 0 Å². The van der Waals surface area contributed by atoms with Crippen LogP contribution in [0.25, 0.3) is 0 Å². The molecule has 0 aliphatic carbocycles. The van der Waals surface area contributed by atoms with Crippen molar-refractivity contribution in [2.45, 2.75) is 5.92 Å². The first-order valence-corrected chi connectivity index (χ1v) is 7.04. The summed E-state index contributed by atoms with van der Waals surface area (Å²) in [7, 11) is 1.38. The highest BCUT2D eigenvalue weighted by atomic mass is 32.1. The highest BCUT2D eigenvalue weighted by Crippen LogP contribution is 2.36. The first-order chi connectivity index (χ1) is 9.79. The fourth-order valence-corrected chi connectivity index (χ4v) is 2.87. The molecular formula is C14H13NO4S. The highest BCUT2D eigenvalue weighted by Gasteiger charge is 2.27. The van der Waals surface area contributed by atoms with E-state index < -0.39 is 5.92 Å². The monoisotopic (exact) mass is 291 g/mol. The zero-order valence-corrected chi connectivity index (χ0v) is 11.7. The lowest BCUT2D eigenvalue weighted by atomic mass is 9.99. The number of carbonyl (C=O) groups is 1. The van der Waals surface area contributed by atoms with Crippen LogP contribution >= 0.6 is 11.3 Å². The predicted molar refractivity (Wildman–Crippen MR) is 73.4 cm³/mol. The number of esters is 1. The minimum absolute atomic E-state index is 0.336. The lowest BCUT2D eigenvalue weighted by Crippen LogP contribution is -2.18. The molecule has 0 fully saturated rings. The van der Waals surface area contributed by atoms with Gasteiger partial charge in [0.15, 0.2) is 11.5 Å². The molecule has 0 bridgehead atoms. The smallest absolute Gasteiger partial charge is 0.320 e. The van der Waals surface area contributed by atoms with Crippen LogP contribution in [0.1, 0.15) is 16.5 Å². The molecule has 2 heterocycles. The van der Waals surface area contributed by atoms with Crippen molar-refractivity contribution in [1.82, 2.24) is 4.98 Å². The van der Waals surface area contributed by atoms with Crippen molar-refractivity contribution in [3.8, 4) is 11.5 Å². The number of rotatable bonds is 3. The van der Waals surface area contributed by atoms with E-state index in [0.717, 1.165) is 5.56 Å². The Labute approximate surface area is 120 Å². The minimum Gasteiger partial charge on any atom is -0.486 e. The molecule has 0 saturated carbocycles. The topological polar surface area (TPSA) is 57.7 Å². The van der Waals surface area contributed by atoms with Gasteiger partial charge in [-0.05, 0) is 17.7 Å². The maximum absolute atomic E-state index is 12.1. The molecule has 1 aliphatic heterocycles. The molecule has 0 saturated heterocycles. The molecule has 1 unspecified atom stereocenters. The third-order valence-electron chi connectivity index (χ3n) is 3.03. The average molecular weight is 291 g/mol. The van der Waals surface area contributed by atoms with Crippen LogP contribution in [0.3, 0.4) is 0 Å². The second-order valence-electron chi connectivity index (χ2n) is 4.23. The van der Waals surface area contributed by atoms with Crippen LogP contribution in [-0.2, 0) is 9.53 Å². The highest BCUT2D eigenvalue weighted by molar-refractivity contribution is 7.09. The van der Waals surface area contributed by atoms with Crippen LogP contribution in [0.5, 0.6) is 11.5 Å². The zero-order chi connectivity index (χ0) is 13.9. The molecule has 3 rings (SSSR count). The van der Waals surface area contributed by atoms with Crippen LogP contribution in [0.2, 0.25) is 0 Å². The summed E-state index contributed by atoms with van der Waals surface area (Å²) in [4.78, 5) is 16.3. The number of aromatic nitrogens is 1. The van der Waals surface area contributed by atoms with E-state index in [1.165, 1.54) is 18.4 Å². The van der Waals surface area contributed by atoms with Gasteiger partial charge in [0.2, 0.25) is 0 Å². The standard InChI is InChI=1S/C14H13NO4S/c1-17-14(16)12(13-15-4-7-20-13)9-2-3-10-11(8-9)19-6-5-18-10/h2-4,7-8,12H,5-6H2,1H3. The van der Waals surface area contributed by atoms with Crippen molar-refractivity contribution in [1.29, 1.82) is 0 Å². The first kappa shape index (κ1) is 12.9. The van der Waals surface area contributed by atoms with Gasteiger partial charge in [-0.25, -0.2) is 4.98 Å². The van der Waals surface area contributed by atoms with E-state index in [-0.39, 0.29) is 5.97 Å². The van der Waals surface area contributed by atoms with Crippen LogP contribution in [0.4, 0.5) is 0 Å². The van der Waals surface area contributed by atoms with Crippen LogP contribution < -0.4 is 9.47 Å². The fourth-order valence-electron chi connectivity index (χ4n) is 2.11. The van der Waals surface area contributed by atoms with Crippen molar-refractivity contribution in [3.05, 3.63) is 40.3 Å². The van der Waals surface area contributed by atoms with E-state index in [4.69, 9.17) is 14.2 Å².